The molecule has 3 N–H and O–H groups in total. The predicted octanol–water partition coefficient (Wildman–Crippen LogP) is 0.739. The van der Waals surface area contributed by atoms with Crippen molar-refractivity contribution in [2.24, 2.45) is 11.7 Å². The lowest BCUT2D eigenvalue weighted by atomic mass is 10.1. The van der Waals surface area contributed by atoms with Crippen molar-refractivity contribution in [3.63, 3.8) is 0 Å². The van der Waals surface area contributed by atoms with E-state index in [1.165, 1.54) is 18.2 Å². The minimum Gasteiger partial charge on any atom is -0.396 e. The second-order valence-corrected chi connectivity index (χ2v) is 4.74. The van der Waals surface area contributed by atoms with Crippen LogP contribution in [-0.4, -0.2) is 35.6 Å². The molecular formula is C13H17FN2O2. The summed E-state index contributed by atoms with van der Waals surface area (Å²) < 4.78 is 13.6. The van der Waals surface area contributed by atoms with Gasteiger partial charge in [-0.3, -0.25) is 9.69 Å². The van der Waals surface area contributed by atoms with Crippen molar-refractivity contribution in [1.82, 2.24) is 4.90 Å². The van der Waals surface area contributed by atoms with E-state index < -0.39 is 5.91 Å². The van der Waals surface area contributed by atoms with E-state index in [-0.39, 0.29) is 18.3 Å². The molecule has 1 aromatic carbocycles. The molecule has 0 saturated carbocycles. The third-order valence-electron chi connectivity index (χ3n) is 3.35. The van der Waals surface area contributed by atoms with Crippen LogP contribution in [0.4, 0.5) is 4.39 Å². The Morgan fingerprint density at radius 1 is 1.56 bits per heavy atom. The third kappa shape index (κ3) is 2.86. The molecule has 1 atom stereocenters. The van der Waals surface area contributed by atoms with Crippen molar-refractivity contribution in [2.45, 2.75) is 13.0 Å². The van der Waals surface area contributed by atoms with Gasteiger partial charge in [-0.2, -0.15) is 0 Å². The molecule has 0 bridgehead atoms. The fourth-order valence-corrected chi connectivity index (χ4v) is 2.30. The van der Waals surface area contributed by atoms with Crippen LogP contribution >= 0.6 is 0 Å². The topological polar surface area (TPSA) is 66.6 Å². The third-order valence-corrected chi connectivity index (χ3v) is 3.35. The molecule has 18 heavy (non-hydrogen) atoms. The molecule has 98 valence electrons. The van der Waals surface area contributed by atoms with E-state index in [4.69, 9.17) is 10.8 Å². The van der Waals surface area contributed by atoms with Gasteiger partial charge in [-0.15, -0.1) is 0 Å². The van der Waals surface area contributed by atoms with Gasteiger partial charge in [0.05, 0.1) is 0 Å². The average molecular weight is 252 g/mol. The lowest BCUT2D eigenvalue weighted by molar-refractivity contribution is 0.1000. The van der Waals surface area contributed by atoms with Gasteiger partial charge in [-0.05, 0) is 37.1 Å². The van der Waals surface area contributed by atoms with Crippen LogP contribution in [0.1, 0.15) is 22.3 Å². The van der Waals surface area contributed by atoms with E-state index in [1.807, 2.05) is 0 Å². The highest BCUT2D eigenvalue weighted by molar-refractivity contribution is 5.92. The lowest BCUT2D eigenvalue weighted by Gasteiger charge is -2.16. The quantitative estimate of drug-likeness (QED) is 0.830. The van der Waals surface area contributed by atoms with E-state index in [1.54, 1.807) is 0 Å². The number of aliphatic hydroxyl groups is 1. The van der Waals surface area contributed by atoms with Gasteiger partial charge in [0, 0.05) is 30.8 Å². The summed E-state index contributed by atoms with van der Waals surface area (Å²) in [7, 11) is 0. The number of likely N-dealkylation sites (tertiary alicyclic amines) is 1. The first-order chi connectivity index (χ1) is 8.60. The van der Waals surface area contributed by atoms with Crippen molar-refractivity contribution < 1.29 is 14.3 Å². The minimum atomic E-state index is -0.550. The van der Waals surface area contributed by atoms with Crippen LogP contribution in [-0.2, 0) is 6.54 Å². The summed E-state index contributed by atoms with van der Waals surface area (Å²) in [5, 5.41) is 9.06. The predicted molar refractivity (Wildman–Crippen MR) is 65.4 cm³/mol. The Bertz CT molecular complexity index is 451. The maximum absolute atomic E-state index is 13.6. The Labute approximate surface area is 105 Å². The van der Waals surface area contributed by atoms with Crippen LogP contribution in [0, 0.1) is 11.7 Å². The normalized spacial score (nSPS) is 20.2. The van der Waals surface area contributed by atoms with Crippen molar-refractivity contribution in [3.05, 3.63) is 35.1 Å². The lowest BCUT2D eigenvalue weighted by Crippen LogP contribution is -2.22. The molecule has 0 aromatic heterocycles. The van der Waals surface area contributed by atoms with Crippen molar-refractivity contribution >= 4 is 5.91 Å². The average Bonchev–Trinajstić information content (AvgIpc) is 2.79. The van der Waals surface area contributed by atoms with Gasteiger partial charge in [0.15, 0.2) is 0 Å². The number of rotatable bonds is 4. The van der Waals surface area contributed by atoms with Crippen LogP contribution in [0.5, 0.6) is 0 Å². The minimum absolute atomic E-state index is 0.167. The van der Waals surface area contributed by atoms with Gasteiger partial charge >= 0.3 is 0 Å². The molecule has 1 amide bonds. The summed E-state index contributed by atoms with van der Waals surface area (Å²) in [6.07, 6.45) is 0.924. The van der Waals surface area contributed by atoms with Crippen LogP contribution < -0.4 is 5.73 Å². The van der Waals surface area contributed by atoms with Crippen molar-refractivity contribution in [1.29, 1.82) is 0 Å². The summed E-state index contributed by atoms with van der Waals surface area (Å²) in [5.41, 5.74) is 5.98. The van der Waals surface area contributed by atoms with E-state index in [9.17, 15) is 9.18 Å². The molecule has 1 aromatic rings. The van der Waals surface area contributed by atoms with Gasteiger partial charge in [0.1, 0.15) is 5.82 Å². The standard InChI is InChI=1S/C13H17FN2O2/c14-12-2-1-10(13(15)18)5-11(12)7-16-4-3-9(6-16)8-17/h1-2,5,9,17H,3-4,6-8H2,(H2,15,18). The molecule has 1 aliphatic heterocycles. The molecule has 5 heteroatoms. The number of hydrogen-bond acceptors (Lipinski definition) is 3. The first-order valence-corrected chi connectivity index (χ1v) is 6.01. The molecule has 1 saturated heterocycles. The molecule has 0 radical (unpaired) electrons. The van der Waals surface area contributed by atoms with Crippen LogP contribution in [0.25, 0.3) is 0 Å². The van der Waals surface area contributed by atoms with Crippen LogP contribution in [0.3, 0.4) is 0 Å². The maximum Gasteiger partial charge on any atom is 0.248 e. The number of benzene rings is 1. The highest BCUT2D eigenvalue weighted by Gasteiger charge is 2.22. The molecule has 2 rings (SSSR count). The van der Waals surface area contributed by atoms with Crippen molar-refractivity contribution in [3.8, 4) is 0 Å². The number of nitrogens with two attached hydrogens (primary N) is 1. The van der Waals surface area contributed by atoms with Gasteiger partial charge < -0.3 is 10.8 Å². The number of carbonyl (C=O) groups excluding carboxylic acids is 1. The summed E-state index contributed by atoms with van der Waals surface area (Å²) in [5.74, 6) is -0.606. The highest BCUT2D eigenvalue weighted by atomic mass is 19.1. The second kappa shape index (κ2) is 5.46. The number of primary amides is 1. The first kappa shape index (κ1) is 13.0. The molecule has 1 fully saturated rings. The number of nitrogens with zero attached hydrogens (tertiary/aromatic N) is 1. The van der Waals surface area contributed by atoms with Gasteiger partial charge in [0.2, 0.25) is 5.91 Å². The highest BCUT2D eigenvalue weighted by Crippen LogP contribution is 2.20. The summed E-state index contributed by atoms with van der Waals surface area (Å²) in [6.45, 7) is 2.21. The zero-order chi connectivity index (χ0) is 13.1. The maximum atomic E-state index is 13.6. The number of aliphatic hydroxyl groups excluding tert-OH is 1. The molecule has 4 nitrogen and oxygen atoms in total. The molecular weight excluding hydrogens is 235 g/mol. The monoisotopic (exact) mass is 252 g/mol. The Morgan fingerprint density at radius 3 is 2.94 bits per heavy atom. The zero-order valence-electron chi connectivity index (χ0n) is 10.1. The Hall–Kier alpha value is -1.46. The summed E-state index contributed by atoms with van der Waals surface area (Å²) >= 11 is 0. The Balaban J connectivity index is 2.09. The first-order valence-electron chi connectivity index (χ1n) is 6.01. The van der Waals surface area contributed by atoms with E-state index >= 15 is 0 Å². The van der Waals surface area contributed by atoms with E-state index in [0.29, 0.717) is 17.7 Å². The molecule has 0 spiro atoms. The largest absolute Gasteiger partial charge is 0.396 e. The van der Waals surface area contributed by atoms with Crippen LogP contribution in [0.15, 0.2) is 18.2 Å². The molecule has 1 heterocycles. The molecule has 0 aliphatic carbocycles. The van der Waals surface area contributed by atoms with Gasteiger partial charge in [0.25, 0.3) is 0 Å². The fourth-order valence-electron chi connectivity index (χ4n) is 2.30. The van der Waals surface area contributed by atoms with Crippen LogP contribution in [0.2, 0.25) is 0 Å². The Morgan fingerprint density at radius 2 is 2.33 bits per heavy atom. The molecule has 1 unspecified atom stereocenters. The summed E-state index contributed by atoms with van der Waals surface area (Å²) in [4.78, 5) is 13.1. The van der Waals surface area contributed by atoms with Gasteiger partial charge in [-0.1, -0.05) is 0 Å². The van der Waals surface area contributed by atoms with Crippen molar-refractivity contribution in [2.75, 3.05) is 19.7 Å². The zero-order valence-corrected chi connectivity index (χ0v) is 10.1. The Kier molecular flexibility index (Phi) is 3.93. The number of hydrogen-bond donors (Lipinski definition) is 2. The van der Waals surface area contributed by atoms with E-state index in [0.717, 1.165) is 19.5 Å². The van der Waals surface area contributed by atoms with Gasteiger partial charge in [-0.25, -0.2) is 4.39 Å². The smallest absolute Gasteiger partial charge is 0.248 e. The summed E-state index contributed by atoms with van der Waals surface area (Å²) in [6, 6.07) is 4.17. The second-order valence-electron chi connectivity index (χ2n) is 4.74. The fraction of sp³-hybridized carbons (Fsp3) is 0.462. The number of carbonyl (C=O) groups is 1. The number of halogens is 1. The SMILES string of the molecule is NC(=O)c1ccc(F)c(CN2CCC(CO)C2)c1. The molecule has 1 aliphatic rings. The van der Waals surface area contributed by atoms with E-state index in [2.05, 4.69) is 4.90 Å². The number of amides is 1.